The number of rotatable bonds is 4. The predicted octanol–water partition coefficient (Wildman–Crippen LogP) is 2.00. The number of hydrogen-bond donors (Lipinski definition) is 0. The summed E-state index contributed by atoms with van der Waals surface area (Å²) in [5.41, 5.74) is 0. The summed E-state index contributed by atoms with van der Waals surface area (Å²) < 4.78 is 0. The maximum absolute atomic E-state index is 5.45. The first-order valence-electron chi connectivity index (χ1n) is 3.96. The van der Waals surface area contributed by atoms with E-state index in [-0.39, 0.29) is 12.4 Å². The first-order valence-corrected chi connectivity index (χ1v) is 5.02. The molecule has 84 valence electrons. The van der Waals surface area contributed by atoms with Gasteiger partial charge in [-0.25, -0.2) is 0 Å². The second-order valence-corrected chi connectivity index (χ2v) is 3.78. The molecule has 0 bridgehead atoms. The van der Waals surface area contributed by atoms with Crippen LogP contribution in [0.1, 0.15) is 0 Å². The monoisotopic (exact) mass is 250 g/mol. The van der Waals surface area contributed by atoms with E-state index in [2.05, 4.69) is 4.90 Å². The predicted molar refractivity (Wildman–Crippen MR) is 65.8 cm³/mol. The van der Waals surface area contributed by atoms with E-state index in [1.54, 1.807) is 0 Å². The molecule has 0 aromatic heterocycles. The highest BCUT2D eigenvalue weighted by Crippen LogP contribution is 1.85. The lowest BCUT2D eigenvalue weighted by molar-refractivity contribution is 0.378. The highest BCUT2D eigenvalue weighted by Gasteiger charge is 1.92. The van der Waals surface area contributed by atoms with Gasteiger partial charge in [0, 0.05) is 24.8 Å². The summed E-state index contributed by atoms with van der Waals surface area (Å²) >= 11 is 10.9. The quantitative estimate of drug-likeness (QED) is 0.705. The molecule has 0 rings (SSSR count). The molecule has 0 spiro atoms. The van der Waals surface area contributed by atoms with E-state index in [4.69, 9.17) is 23.2 Å². The van der Waals surface area contributed by atoms with Crippen molar-refractivity contribution in [2.24, 2.45) is 0 Å². The normalized spacial score (nSPS) is 9.23. The van der Waals surface area contributed by atoms with Gasteiger partial charge in [0.05, 0.1) is 0 Å². The average Bonchev–Trinajstić information content (AvgIpc) is 1.87. The first kappa shape index (κ1) is 19.4. The topological polar surface area (TPSA) is 6.48 Å². The molecule has 0 aliphatic rings. The lowest BCUT2D eigenvalue weighted by Crippen LogP contribution is -2.22. The van der Waals surface area contributed by atoms with E-state index >= 15 is 0 Å². The third-order valence-electron chi connectivity index (χ3n) is 0.932. The molecule has 2 nitrogen and oxygen atoms in total. The van der Waals surface area contributed by atoms with Crippen molar-refractivity contribution >= 4 is 35.6 Å². The Morgan fingerprint density at radius 2 is 1.08 bits per heavy atom. The fraction of sp³-hybridized carbons (Fsp3) is 1.00. The molecule has 0 aromatic carbocycles. The average molecular weight is 252 g/mol. The van der Waals surface area contributed by atoms with E-state index in [9.17, 15) is 0 Å². The lowest BCUT2D eigenvalue weighted by atomic mass is 10.6. The van der Waals surface area contributed by atoms with Crippen LogP contribution in [0.2, 0.25) is 0 Å². The van der Waals surface area contributed by atoms with Crippen LogP contribution in [-0.2, 0) is 0 Å². The lowest BCUT2D eigenvalue weighted by Gasteiger charge is -2.11. The van der Waals surface area contributed by atoms with Crippen molar-refractivity contribution < 1.29 is 0 Å². The summed E-state index contributed by atoms with van der Waals surface area (Å²) in [6.07, 6.45) is 0. The Balaban J connectivity index is -0.000000173. The molecule has 0 fully saturated rings. The smallest absolute Gasteiger partial charge is 0.0351 e. The molecule has 0 unspecified atom stereocenters. The minimum Gasteiger partial charge on any atom is -0.312 e. The second kappa shape index (κ2) is 15.3. The van der Waals surface area contributed by atoms with Gasteiger partial charge in [-0.2, -0.15) is 0 Å². The van der Waals surface area contributed by atoms with Crippen LogP contribution >= 0.6 is 35.6 Å². The molecule has 0 amide bonds. The largest absolute Gasteiger partial charge is 0.312 e. The highest BCUT2D eigenvalue weighted by atomic mass is 35.5. The zero-order valence-corrected chi connectivity index (χ0v) is 11.2. The van der Waals surface area contributed by atoms with Gasteiger partial charge in [-0.15, -0.1) is 35.6 Å². The van der Waals surface area contributed by atoms with Gasteiger partial charge in [-0.3, -0.25) is 0 Å². The van der Waals surface area contributed by atoms with Crippen molar-refractivity contribution in [3.63, 3.8) is 0 Å². The minimum atomic E-state index is 0. The number of halogens is 3. The number of nitrogens with zero attached hydrogens (tertiary/aromatic N) is 2. The first-order chi connectivity index (χ1) is 5.54. The molecule has 0 radical (unpaired) electrons. The Labute approximate surface area is 98.6 Å². The van der Waals surface area contributed by atoms with Crippen LogP contribution in [0.5, 0.6) is 0 Å². The van der Waals surface area contributed by atoms with Crippen LogP contribution in [0, 0.1) is 0 Å². The highest BCUT2D eigenvalue weighted by molar-refractivity contribution is 6.18. The van der Waals surface area contributed by atoms with Gasteiger partial charge in [0.25, 0.3) is 0 Å². The molecule has 0 atom stereocenters. The number of alkyl halides is 2. The Morgan fingerprint density at radius 3 is 1.23 bits per heavy atom. The minimum absolute atomic E-state index is 0. The molecule has 0 heterocycles. The Kier molecular flexibility index (Phi) is 22.8. The van der Waals surface area contributed by atoms with E-state index in [0.29, 0.717) is 11.8 Å². The molecule has 0 N–H and O–H groups in total. The SMILES string of the molecule is CN(C)C.CN(CCCl)CCCl.Cl. The molecule has 5 heteroatoms. The second-order valence-electron chi connectivity index (χ2n) is 3.02. The van der Waals surface area contributed by atoms with Crippen molar-refractivity contribution in [2.75, 3.05) is 53.0 Å². The van der Waals surface area contributed by atoms with Crippen LogP contribution in [0.3, 0.4) is 0 Å². The van der Waals surface area contributed by atoms with Crippen molar-refractivity contribution in [2.45, 2.75) is 0 Å². The molecule has 0 saturated carbocycles. The summed E-state index contributed by atoms with van der Waals surface area (Å²) in [6, 6.07) is 0. The summed E-state index contributed by atoms with van der Waals surface area (Å²) in [5.74, 6) is 1.38. The zero-order valence-electron chi connectivity index (χ0n) is 8.89. The van der Waals surface area contributed by atoms with Crippen LogP contribution < -0.4 is 0 Å². The van der Waals surface area contributed by atoms with Gasteiger partial charge in [0.2, 0.25) is 0 Å². The van der Waals surface area contributed by atoms with Crippen molar-refractivity contribution in [3.8, 4) is 0 Å². The molecule has 0 aromatic rings. The van der Waals surface area contributed by atoms with Crippen LogP contribution in [0.4, 0.5) is 0 Å². The Bertz CT molecular complexity index is 73.0. The van der Waals surface area contributed by atoms with Crippen molar-refractivity contribution in [1.29, 1.82) is 0 Å². The molecular weight excluding hydrogens is 230 g/mol. The van der Waals surface area contributed by atoms with Gasteiger partial charge in [0.1, 0.15) is 0 Å². The maximum atomic E-state index is 5.45. The molecule has 0 saturated heterocycles. The molecule has 0 aliphatic carbocycles. The van der Waals surface area contributed by atoms with Crippen LogP contribution in [-0.4, -0.2) is 62.8 Å². The molecule has 0 aliphatic heterocycles. The third kappa shape index (κ3) is 32.3. The maximum Gasteiger partial charge on any atom is 0.0351 e. The number of hydrogen-bond acceptors (Lipinski definition) is 2. The van der Waals surface area contributed by atoms with Gasteiger partial charge in [0.15, 0.2) is 0 Å². The standard InChI is InChI=1S/C5H11Cl2N.C3H9N.ClH/c1-8(4-2-6)5-3-7;1-4(2)3;/h2-5H2,1H3;1-3H3;1H. The third-order valence-corrected chi connectivity index (χ3v) is 1.27. The van der Waals surface area contributed by atoms with E-state index in [1.165, 1.54) is 0 Å². The fourth-order valence-corrected chi connectivity index (χ4v) is 0.977. The van der Waals surface area contributed by atoms with Gasteiger partial charge in [-0.1, -0.05) is 0 Å². The summed E-state index contributed by atoms with van der Waals surface area (Å²) in [6.45, 7) is 1.85. The van der Waals surface area contributed by atoms with Gasteiger partial charge >= 0.3 is 0 Å². The Hall–Kier alpha value is 0.790. The van der Waals surface area contributed by atoms with Crippen molar-refractivity contribution in [3.05, 3.63) is 0 Å². The van der Waals surface area contributed by atoms with E-state index in [1.807, 2.05) is 33.1 Å². The van der Waals surface area contributed by atoms with Crippen LogP contribution in [0.15, 0.2) is 0 Å². The molecule has 13 heavy (non-hydrogen) atoms. The van der Waals surface area contributed by atoms with Crippen LogP contribution in [0.25, 0.3) is 0 Å². The van der Waals surface area contributed by atoms with E-state index in [0.717, 1.165) is 13.1 Å². The Morgan fingerprint density at radius 1 is 0.846 bits per heavy atom. The fourth-order valence-electron chi connectivity index (χ4n) is 0.400. The summed E-state index contributed by atoms with van der Waals surface area (Å²) in [5, 5.41) is 0. The van der Waals surface area contributed by atoms with Gasteiger partial charge in [-0.05, 0) is 28.2 Å². The van der Waals surface area contributed by atoms with Gasteiger partial charge < -0.3 is 9.80 Å². The van der Waals surface area contributed by atoms with E-state index < -0.39 is 0 Å². The van der Waals surface area contributed by atoms with Crippen molar-refractivity contribution in [1.82, 2.24) is 9.80 Å². The summed E-state index contributed by atoms with van der Waals surface area (Å²) in [4.78, 5) is 4.10. The summed E-state index contributed by atoms with van der Waals surface area (Å²) in [7, 11) is 8.00. The zero-order chi connectivity index (χ0) is 9.98. The molecular formula is C8H21Cl3N2.